The van der Waals surface area contributed by atoms with Crippen LogP contribution in [0, 0.1) is 0 Å². The van der Waals surface area contributed by atoms with Gasteiger partial charge in [0.2, 0.25) is 0 Å². The highest BCUT2D eigenvalue weighted by Gasteiger charge is 2.35. The molecule has 0 bridgehead atoms. The Kier molecular flexibility index (Phi) is 4.79. The number of nitrogen functional groups attached to an aromatic ring is 1. The van der Waals surface area contributed by atoms with Crippen molar-refractivity contribution in [2.24, 2.45) is 0 Å². The van der Waals surface area contributed by atoms with Gasteiger partial charge < -0.3 is 15.8 Å². The Labute approximate surface area is 130 Å². The summed E-state index contributed by atoms with van der Waals surface area (Å²) >= 11 is 1.11. The topological polar surface area (TPSA) is 94.3 Å². The van der Waals surface area contributed by atoms with Gasteiger partial charge in [0.25, 0.3) is 0 Å². The Hall–Kier alpha value is -0.860. The standard InChI is InChI=1S/C13H23N3O3S2/c1-4-13(5-2)8-9(6-7-19-13)15-12-10(21(3,17)18)11(14)16-20-12/h9,15H,4-8H2,1-3H3,(H2,14,16). The van der Waals surface area contributed by atoms with Crippen LogP contribution in [-0.4, -0.2) is 37.3 Å². The van der Waals surface area contributed by atoms with E-state index < -0.39 is 9.84 Å². The molecule has 0 radical (unpaired) electrons. The molecule has 2 rings (SSSR count). The number of anilines is 2. The van der Waals surface area contributed by atoms with E-state index in [0.717, 1.165) is 43.5 Å². The summed E-state index contributed by atoms with van der Waals surface area (Å²) in [4.78, 5) is 0.123. The van der Waals surface area contributed by atoms with E-state index in [9.17, 15) is 8.42 Å². The number of rotatable bonds is 5. The maximum Gasteiger partial charge on any atom is 0.182 e. The van der Waals surface area contributed by atoms with Gasteiger partial charge in [-0.15, -0.1) is 0 Å². The van der Waals surface area contributed by atoms with Crippen molar-refractivity contribution in [3.63, 3.8) is 0 Å². The lowest BCUT2D eigenvalue weighted by Crippen LogP contribution is -2.43. The highest BCUT2D eigenvalue weighted by atomic mass is 32.2. The third-order valence-corrected chi connectivity index (χ3v) is 6.24. The molecule has 8 heteroatoms. The van der Waals surface area contributed by atoms with Crippen LogP contribution < -0.4 is 11.1 Å². The first kappa shape index (κ1) is 16.5. The van der Waals surface area contributed by atoms with Crippen molar-refractivity contribution < 1.29 is 13.2 Å². The van der Waals surface area contributed by atoms with E-state index in [1.807, 2.05) is 0 Å². The second kappa shape index (κ2) is 6.10. The monoisotopic (exact) mass is 333 g/mol. The van der Waals surface area contributed by atoms with Gasteiger partial charge in [0, 0.05) is 18.9 Å². The SMILES string of the molecule is CCC1(CC)CC(Nc2snc(N)c2S(C)(=O)=O)CCO1. The lowest BCUT2D eigenvalue weighted by Gasteiger charge is -2.40. The molecule has 0 saturated carbocycles. The molecule has 1 fully saturated rings. The summed E-state index contributed by atoms with van der Waals surface area (Å²) in [5, 5.41) is 3.86. The summed E-state index contributed by atoms with van der Waals surface area (Å²) in [7, 11) is -3.38. The Balaban J connectivity index is 2.20. The summed E-state index contributed by atoms with van der Waals surface area (Å²) in [5.74, 6) is 0.0781. The summed E-state index contributed by atoms with van der Waals surface area (Å²) in [6.45, 7) is 4.93. The largest absolute Gasteiger partial charge is 0.382 e. The van der Waals surface area contributed by atoms with Gasteiger partial charge in [-0.1, -0.05) is 13.8 Å². The lowest BCUT2D eigenvalue weighted by molar-refractivity contribution is -0.0864. The first-order valence-corrected chi connectivity index (χ1v) is 9.83. The molecular weight excluding hydrogens is 310 g/mol. The fraction of sp³-hybridized carbons (Fsp3) is 0.769. The molecule has 0 amide bonds. The molecule has 6 nitrogen and oxygen atoms in total. The van der Waals surface area contributed by atoms with Crippen molar-refractivity contribution in [2.75, 3.05) is 23.9 Å². The molecule has 0 spiro atoms. The van der Waals surface area contributed by atoms with E-state index in [1.165, 1.54) is 0 Å². The number of nitrogens with one attached hydrogen (secondary N) is 1. The zero-order valence-electron chi connectivity index (χ0n) is 12.7. The molecule has 21 heavy (non-hydrogen) atoms. The van der Waals surface area contributed by atoms with Crippen molar-refractivity contribution in [1.29, 1.82) is 0 Å². The first-order chi connectivity index (χ1) is 9.81. The molecule has 1 aromatic heterocycles. The van der Waals surface area contributed by atoms with Crippen molar-refractivity contribution >= 4 is 32.2 Å². The minimum Gasteiger partial charge on any atom is -0.382 e. The van der Waals surface area contributed by atoms with Crippen LogP contribution in [0.5, 0.6) is 0 Å². The van der Waals surface area contributed by atoms with E-state index >= 15 is 0 Å². The van der Waals surface area contributed by atoms with Crippen LogP contribution in [-0.2, 0) is 14.6 Å². The summed E-state index contributed by atoms with van der Waals surface area (Å²) in [6, 6.07) is 0.180. The van der Waals surface area contributed by atoms with E-state index in [1.54, 1.807) is 0 Å². The second-order valence-electron chi connectivity index (χ2n) is 5.57. The van der Waals surface area contributed by atoms with Gasteiger partial charge in [-0.3, -0.25) is 0 Å². The molecule has 120 valence electrons. The average Bonchev–Trinajstić information content (AvgIpc) is 2.79. The molecule has 3 N–H and O–H groups in total. The van der Waals surface area contributed by atoms with Gasteiger partial charge in [0.15, 0.2) is 15.7 Å². The molecule has 1 aliphatic rings. The predicted molar refractivity (Wildman–Crippen MR) is 85.5 cm³/mol. The minimum absolute atomic E-state index is 0.0781. The maximum atomic E-state index is 11.8. The van der Waals surface area contributed by atoms with Crippen molar-refractivity contribution in [3.8, 4) is 0 Å². The zero-order valence-corrected chi connectivity index (χ0v) is 14.3. The Bertz CT molecular complexity index is 594. The maximum absolute atomic E-state index is 11.8. The molecule has 0 aromatic carbocycles. The van der Waals surface area contributed by atoms with Gasteiger partial charge >= 0.3 is 0 Å². The molecule has 1 atom stereocenters. The summed E-state index contributed by atoms with van der Waals surface area (Å²) in [6.07, 6.45) is 4.77. The zero-order chi connectivity index (χ0) is 15.7. The normalized spacial score (nSPS) is 22.1. The third-order valence-electron chi connectivity index (χ3n) is 4.16. The van der Waals surface area contributed by atoms with Crippen LogP contribution in [0.25, 0.3) is 0 Å². The van der Waals surface area contributed by atoms with E-state index in [0.29, 0.717) is 11.6 Å². The predicted octanol–water partition coefficient (Wildman–Crippen LogP) is 2.28. The van der Waals surface area contributed by atoms with Gasteiger partial charge in [0.05, 0.1) is 5.60 Å². The highest BCUT2D eigenvalue weighted by Crippen LogP contribution is 2.36. The minimum atomic E-state index is -3.38. The number of aromatic nitrogens is 1. The van der Waals surface area contributed by atoms with Crippen LogP contribution >= 0.6 is 11.5 Å². The smallest absolute Gasteiger partial charge is 0.182 e. The molecular formula is C13H23N3O3S2. The van der Waals surface area contributed by atoms with Crippen molar-refractivity contribution in [3.05, 3.63) is 0 Å². The molecule has 1 saturated heterocycles. The Morgan fingerprint density at radius 3 is 2.71 bits per heavy atom. The first-order valence-electron chi connectivity index (χ1n) is 7.17. The second-order valence-corrected chi connectivity index (χ2v) is 8.30. The third kappa shape index (κ3) is 3.49. The molecule has 1 unspecified atom stereocenters. The van der Waals surface area contributed by atoms with Crippen LogP contribution in [0.4, 0.5) is 10.8 Å². The van der Waals surface area contributed by atoms with E-state index in [-0.39, 0.29) is 22.4 Å². The van der Waals surface area contributed by atoms with Crippen LogP contribution in [0.1, 0.15) is 39.5 Å². The number of hydrogen-bond donors (Lipinski definition) is 2. The van der Waals surface area contributed by atoms with Crippen molar-refractivity contribution in [1.82, 2.24) is 4.37 Å². The van der Waals surface area contributed by atoms with Crippen LogP contribution in [0.2, 0.25) is 0 Å². The van der Waals surface area contributed by atoms with Crippen molar-refractivity contribution in [2.45, 2.75) is 56.1 Å². The molecule has 2 heterocycles. The number of nitrogens with zero attached hydrogens (tertiary/aromatic N) is 1. The van der Waals surface area contributed by atoms with Gasteiger partial charge in [-0.2, -0.15) is 4.37 Å². The highest BCUT2D eigenvalue weighted by molar-refractivity contribution is 7.91. The fourth-order valence-electron chi connectivity index (χ4n) is 2.82. The fourth-order valence-corrected chi connectivity index (χ4v) is 4.96. The van der Waals surface area contributed by atoms with Crippen LogP contribution in [0.3, 0.4) is 0 Å². The number of nitrogens with two attached hydrogens (primary N) is 1. The average molecular weight is 333 g/mol. The van der Waals surface area contributed by atoms with Crippen LogP contribution in [0.15, 0.2) is 4.90 Å². The Morgan fingerprint density at radius 1 is 1.48 bits per heavy atom. The van der Waals surface area contributed by atoms with E-state index in [4.69, 9.17) is 10.5 Å². The molecule has 1 aromatic rings. The van der Waals surface area contributed by atoms with Gasteiger partial charge in [-0.25, -0.2) is 8.42 Å². The van der Waals surface area contributed by atoms with E-state index in [2.05, 4.69) is 23.5 Å². The quantitative estimate of drug-likeness (QED) is 0.858. The van der Waals surface area contributed by atoms with Gasteiger partial charge in [0.1, 0.15) is 9.90 Å². The number of hydrogen-bond acceptors (Lipinski definition) is 7. The summed E-state index contributed by atoms with van der Waals surface area (Å²) < 4.78 is 33.6. The van der Waals surface area contributed by atoms with Gasteiger partial charge in [-0.05, 0) is 37.2 Å². The molecule has 0 aliphatic carbocycles. The lowest BCUT2D eigenvalue weighted by atomic mass is 9.86. The Morgan fingerprint density at radius 2 is 2.14 bits per heavy atom. The molecule has 1 aliphatic heterocycles. The number of ether oxygens (including phenoxy) is 1. The number of sulfone groups is 1. The summed E-state index contributed by atoms with van der Waals surface area (Å²) in [5.41, 5.74) is 5.58.